The highest BCUT2D eigenvalue weighted by Gasteiger charge is 2.30. The fourth-order valence-electron chi connectivity index (χ4n) is 2.24. The van der Waals surface area contributed by atoms with Gasteiger partial charge in [0.25, 0.3) is 0 Å². The van der Waals surface area contributed by atoms with E-state index in [1.165, 1.54) is 12.4 Å². The fraction of sp³-hybridized carbons (Fsp3) is 0.786. The molecule has 19 heavy (non-hydrogen) atoms. The molecule has 0 aromatic heterocycles. The molecule has 1 saturated heterocycles. The summed E-state index contributed by atoms with van der Waals surface area (Å²) in [5, 5.41) is 23.2. The Hall–Kier alpha value is -1.25. The molecule has 1 heterocycles. The van der Waals surface area contributed by atoms with Crippen LogP contribution < -0.4 is 0 Å². The quantitative estimate of drug-likeness (QED) is 0.419. The van der Waals surface area contributed by atoms with Crippen molar-refractivity contribution >= 4 is 12.4 Å². The van der Waals surface area contributed by atoms with Crippen molar-refractivity contribution in [2.45, 2.75) is 44.6 Å². The molecule has 0 saturated carbocycles. The largest absolute Gasteiger partial charge is 0.378 e. The molecule has 5 heteroatoms. The van der Waals surface area contributed by atoms with Gasteiger partial charge in [0.15, 0.2) is 0 Å². The molecule has 0 amide bonds. The third kappa shape index (κ3) is 6.46. The number of hydrogen-bond donors (Lipinski definition) is 2. The standard InChI is InChI=1S/C14H23N3O2/c15-7-1-4-14(5-2-8-16,6-3-9-17)12-18-10-13-11-19-13/h7-8,13,15-16H,1-6,10-12H2. The molecule has 0 spiro atoms. The van der Waals surface area contributed by atoms with Crippen LogP contribution in [0, 0.1) is 27.6 Å². The van der Waals surface area contributed by atoms with E-state index in [2.05, 4.69) is 6.07 Å². The highest BCUT2D eigenvalue weighted by Crippen LogP contribution is 2.35. The number of hydrogen-bond acceptors (Lipinski definition) is 5. The Morgan fingerprint density at radius 1 is 1.26 bits per heavy atom. The lowest BCUT2D eigenvalue weighted by Crippen LogP contribution is -2.28. The Kier molecular flexibility index (Phi) is 7.31. The summed E-state index contributed by atoms with van der Waals surface area (Å²) >= 11 is 0. The maximum Gasteiger partial charge on any atom is 0.104 e. The zero-order chi connectivity index (χ0) is 14.0. The molecule has 1 atom stereocenters. The Morgan fingerprint density at radius 2 is 1.89 bits per heavy atom. The summed E-state index contributed by atoms with van der Waals surface area (Å²) in [5.74, 6) is 0. The van der Waals surface area contributed by atoms with Crippen LogP contribution in [0.3, 0.4) is 0 Å². The second-order valence-corrected chi connectivity index (χ2v) is 5.11. The highest BCUT2D eigenvalue weighted by molar-refractivity contribution is 5.53. The first-order valence-electron chi connectivity index (χ1n) is 6.80. The molecule has 0 radical (unpaired) electrons. The minimum atomic E-state index is -0.0836. The smallest absolute Gasteiger partial charge is 0.104 e. The van der Waals surface area contributed by atoms with Gasteiger partial charge in [0.2, 0.25) is 0 Å². The molecule has 0 aromatic carbocycles. The van der Waals surface area contributed by atoms with E-state index in [-0.39, 0.29) is 11.5 Å². The van der Waals surface area contributed by atoms with Gasteiger partial charge in [-0.05, 0) is 49.9 Å². The van der Waals surface area contributed by atoms with E-state index in [1.807, 2.05) is 0 Å². The Balaban J connectivity index is 2.52. The van der Waals surface area contributed by atoms with E-state index in [1.54, 1.807) is 0 Å². The van der Waals surface area contributed by atoms with Crippen molar-refractivity contribution < 1.29 is 9.47 Å². The molecule has 1 fully saturated rings. The van der Waals surface area contributed by atoms with Crippen LogP contribution in [0.15, 0.2) is 0 Å². The van der Waals surface area contributed by atoms with Crippen LogP contribution in [0.4, 0.5) is 0 Å². The Labute approximate surface area is 114 Å². The van der Waals surface area contributed by atoms with Crippen LogP contribution in [0.2, 0.25) is 0 Å². The Bertz CT molecular complexity index is 309. The van der Waals surface area contributed by atoms with Crippen molar-refractivity contribution in [3.8, 4) is 6.07 Å². The second kappa shape index (κ2) is 8.78. The third-order valence-corrected chi connectivity index (χ3v) is 3.52. The molecule has 1 unspecified atom stereocenters. The van der Waals surface area contributed by atoms with Crippen LogP contribution in [0.5, 0.6) is 0 Å². The summed E-state index contributed by atoms with van der Waals surface area (Å²) < 4.78 is 10.8. The monoisotopic (exact) mass is 265 g/mol. The minimum Gasteiger partial charge on any atom is -0.378 e. The molecule has 0 aromatic rings. The van der Waals surface area contributed by atoms with E-state index >= 15 is 0 Å². The summed E-state index contributed by atoms with van der Waals surface area (Å²) in [6, 6.07) is 2.19. The Morgan fingerprint density at radius 3 is 2.37 bits per heavy atom. The molecule has 2 N–H and O–H groups in total. The van der Waals surface area contributed by atoms with E-state index in [0.717, 1.165) is 25.9 Å². The van der Waals surface area contributed by atoms with Crippen molar-refractivity contribution in [3.05, 3.63) is 0 Å². The van der Waals surface area contributed by atoms with E-state index in [0.29, 0.717) is 32.5 Å². The van der Waals surface area contributed by atoms with Crippen molar-refractivity contribution in [1.29, 1.82) is 16.1 Å². The van der Waals surface area contributed by atoms with Crippen molar-refractivity contribution in [2.24, 2.45) is 5.41 Å². The number of nitrogens with one attached hydrogen (secondary N) is 2. The molecule has 1 rings (SSSR count). The molecule has 5 nitrogen and oxygen atoms in total. The molecule has 1 aliphatic rings. The lowest BCUT2D eigenvalue weighted by atomic mass is 9.76. The molecular weight excluding hydrogens is 242 g/mol. The summed E-state index contributed by atoms with van der Waals surface area (Å²) in [4.78, 5) is 0. The number of nitrogens with zero attached hydrogens (tertiary/aromatic N) is 1. The maximum absolute atomic E-state index is 8.80. The first-order chi connectivity index (χ1) is 9.26. The first kappa shape index (κ1) is 15.8. The van der Waals surface area contributed by atoms with Crippen LogP contribution >= 0.6 is 0 Å². The first-order valence-corrected chi connectivity index (χ1v) is 6.80. The summed E-state index contributed by atoms with van der Waals surface area (Å²) in [5.41, 5.74) is -0.0836. The number of epoxide rings is 1. The van der Waals surface area contributed by atoms with Crippen molar-refractivity contribution in [3.63, 3.8) is 0 Å². The van der Waals surface area contributed by atoms with Gasteiger partial charge in [-0.1, -0.05) is 0 Å². The fourth-order valence-corrected chi connectivity index (χ4v) is 2.24. The van der Waals surface area contributed by atoms with Crippen LogP contribution in [0.1, 0.15) is 38.5 Å². The average molecular weight is 265 g/mol. The minimum absolute atomic E-state index is 0.0836. The molecule has 0 aliphatic carbocycles. The van der Waals surface area contributed by atoms with E-state index in [4.69, 9.17) is 25.6 Å². The number of nitriles is 1. The molecule has 1 aliphatic heterocycles. The van der Waals surface area contributed by atoms with Gasteiger partial charge in [-0.15, -0.1) is 0 Å². The van der Waals surface area contributed by atoms with Crippen LogP contribution in [0.25, 0.3) is 0 Å². The maximum atomic E-state index is 8.80. The average Bonchev–Trinajstić information content (AvgIpc) is 3.24. The predicted molar refractivity (Wildman–Crippen MR) is 73.9 cm³/mol. The second-order valence-electron chi connectivity index (χ2n) is 5.11. The van der Waals surface area contributed by atoms with Gasteiger partial charge in [-0.25, -0.2) is 0 Å². The lowest BCUT2D eigenvalue weighted by Gasteiger charge is -2.32. The topological polar surface area (TPSA) is 93.3 Å². The molecule has 0 bridgehead atoms. The molecular formula is C14H23N3O2. The van der Waals surface area contributed by atoms with Crippen LogP contribution in [-0.2, 0) is 9.47 Å². The van der Waals surface area contributed by atoms with Gasteiger partial charge in [0, 0.05) is 6.42 Å². The lowest BCUT2D eigenvalue weighted by molar-refractivity contribution is 0.0230. The number of ether oxygens (including phenoxy) is 2. The zero-order valence-corrected chi connectivity index (χ0v) is 11.4. The highest BCUT2D eigenvalue weighted by atomic mass is 16.6. The third-order valence-electron chi connectivity index (χ3n) is 3.52. The van der Waals surface area contributed by atoms with E-state index < -0.39 is 0 Å². The summed E-state index contributed by atoms with van der Waals surface area (Å²) in [6.45, 7) is 1.99. The SMILES string of the molecule is N#CCCC(CCC=N)(CCC=N)COCC1CO1. The van der Waals surface area contributed by atoms with Crippen molar-refractivity contribution in [2.75, 3.05) is 19.8 Å². The predicted octanol–water partition coefficient (Wildman–Crippen LogP) is 2.55. The zero-order valence-electron chi connectivity index (χ0n) is 11.4. The van der Waals surface area contributed by atoms with Gasteiger partial charge < -0.3 is 20.3 Å². The van der Waals surface area contributed by atoms with Crippen molar-refractivity contribution in [1.82, 2.24) is 0 Å². The van der Waals surface area contributed by atoms with E-state index in [9.17, 15) is 0 Å². The molecule has 106 valence electrons. The summed E-state index contributed by atoms with van der Waals surface area (Å²) in [6.07, 6.45) is 7.44. The van der Waals surface area contributed by atoms with Crippen LogP contribution in [-0.4, -0.2) is 38.4 Å². The van der Waals surface area contributed by atoms with Gasteiger partial charge in [0.1, 0.15) is 6.10 Å². The summed E-state index contributed by atoms with van der Waals surface area (Å²) in [7, 11) is 0. The number of rotatable bonds is 12. The van der Waals surface area contributed by atoms with Gasteiger partial charge >= 0.3 is 0 Å². The van der Waals surface area contributed by atoms with Gasteiger partial charge in [0.05, 0.1) is 25.9 Å². The van der Waals surface area contributed by atoms with Gasteiger partial charge in [-0.3, -0.25) is 0 Å². The van der Waals surface area contributed by atoms with Gasteiger partial charge in [-0.2, -0.15) is 5.26 Å². The normalized spacial score (nSPS) is 20.3.